The Morgan fingerprint density at radius 1 is 1.12 bits per heavy atom. The molecule has 1 aromatic carbocycles. The van der Waals surface area contributed by atoms with Gasteiger partial charge in [0.05, 0.1) is 43.6 Å². The minimum Gasteiger partial charge on any atom is -0.504 e. The van der Waals surface area contributed by atoms with E-state index in [9.17, 15) is 49.2 Å². The summed E-state index contributed by atoms with van der Waals surface area (Å²) in [7, 11) is 0. The summed E-state index contributed by atoms with van der Waals surface area (Å²) in [6, 6.07) is 0.990. The molecule has 3 saturated heterocycles. The summed E-state index contributed by atoms with van der Waals surface area (Å²) in [5.74, 6) is -6.44. The number of hydrogen-bond acceptors (Lipinski definition) is 14. The number of fused-ring (bicyclic) bond motifs is 3. The lowest BCUT2D eigenvalue weighted by molar-refractivity contribution is -1.05. The molecule has 0 unspecified atom stereocenters. The highest BCUT2D eigenvalue weighted by Gasteiger charge is 2.69. The van der Waals surface area contributed by atoms with Gasteiger partial charge < -0.3 is 40.8 Å². The van der Waals surface area contributed by atoms with Gasteiger partial charge in [-0.3, -0.25) is 29.0 Å². The van der Waals surface area contributed by atoms with Crippen LogP contribution in [0.15, 0.2) is 33.9 Å². The van der Waals surface area contributed by atoms with Gasteiger partial charge in [-0.15, -0.1) is 23.1 Å². The van der Waals surface area contributed by atoms with Crippen LogP contribution in [0.5, 0.6) is 11.5 Å². The fourth-order valence-corrected chi connectivity index (χ4v) is 9.49. The smallest absolute Gasteiger partial charge is 0.352 e. The third-order valence-electron chi connectivity index (χ3n) is 10.8. The van der Waals surface area contributed by atoms with Crippen molar-refractivity contribution in [1.82, 2.24) is 20.1 Å². The molecule has 5 aliphatic heterocycles. The topological polar surface area (TPSA) is 262 Å². The maximum Gasteiger partial charge on any atom is 0.352 e. The number of thioether (sulfide) groups is 1. The number of nitrogens with zero attached hydrogens (tertiary/aromatic N) is 5. The average molecular weight is 757 g/mol. The number of carbonyl (C=O) groups is 6. The number of anilines is 1. The lowest BCUT2D eigenvalue weighted by Crippen LogP contribution is -2.85. The molecule has 0 aliphatic carbocycles. The number of oxime groups is 1. The van der Waals surface area contributed by atoms with Crippen molar-refractivity contribution in [3.05, 3.63) is 45.6 Å². The van der Waals surface area contributed by atoms with E-state index in [2.05, 4.69) is 15.5 Å². The summed E-state index contributed by atoms with van der Waals surface area (Å²) < 4.78 is 0.421. The predicted molar refractivity (Wildman–Crippen MR) is 182 cm³/mol. The maximum atomic E-state index is 13.6. The molecule has 2 aromatic rings. The van der Waals surface area contributed by atoms with Crippen LogP contribution in [-0.2, 0) is 24.0 Å². The molecular formula is C32H34N7O11S2+. The van der Waals surface area contributed by atoms with Gasteiger partial charge in [-0.2, -0.15) is 0 Å². The Bertz CT molecular complexity index is 2010. The number of hydrogen-bond donors (Lipinski definition) is 6. The second kappa shape index (κ2) is 11.9. The monoisotopic (exact) mass is 756 g/mol. The van der Waals surface area contributed by atoms with Crippen molar-refractivity contribution in [3.63, 3.8) is 0 Å². The number of quaternary nitrogens is 1. The van der Waals surface area contributed by atoms with Crippen molar-refractivity contribution in [2.24, 2.45) is 5.16 Å². The number of amides is 4. The molecule has 6 heterocycles. The second-order valence-electron chi connectivity index (χ2n) is 14.0. The number of aromatic nitrogens is 1. The molecular weight excluding hydrogens is 723 g/mol. The standard InChI is InChI=1S/C32H33N7O11S2/c1-13-16(10-39-6-4-32(39,5-7-39)12-37-24(43)14-8-18(40)19(41)9-15(14)25(37)44)22(28(46)47)38-26(45)21(27(38)52-13)35-23(42)20(17-11-51-30(33)34-17)36-50-31(2,3)29(48)49/h8-9,11,13,21,27H,4-7,10,12H2,1-3H3,(H6-,33,34,35,36,40,41,42,43,44,46,47,48,49)/p+1/t13-,21+,27+,32?,39?/m0/s1. The quantitative estimate of drug-likeness (QED) is 0.0456. The van der Waals surface area contributed by atoms with Crippen molar-refractivity contribution >= 4 is 69.5 Å². The number of aromatic hydroxyl groups is 2. The SMILES string of the molecule is C[C@@H]1S[C@@H]2[C@H](NC(=O)/C(=N\OC(C)(C)C(=O)O)c3csc(N)n3)C(=O)N2C(C(=O)O)=C1C[N+]12CCC1(CN1C(=O)c3cc(O)c(O)cc3C1=O)CC2. The van der Waals surface area contributed by atoms with Gasteiger partial charge in [0.15, 0.2) is 22.3 Å². The number of rotatable bonds is 11. The van der Waals surface area contributed by atoms with Crippen molar-refractivity contribution in [2.45, 2.75) is 61.4 Å². The van der Waals surface area contributed by atoms with E-state index in [0.29, 0.717) is 36.0 Å². The van der Waals surface area contributed by atoms with Crippen LogP contribution in [0.2, 0.25) is 0 Å². The van der Waals surface area contributed by atoms with Crippen LogP contribution in [0.25, 0.3) is 0 Å². The molecule has 1 aromatic heterocycles. The third-order valence-corrected chi connectivity index (χ3v) is 12.9. The van der Waals surface area contributed by atoms with E-state index in [0.717, 1.165) is 33.3 Å². The van der Waals surface area contributed by atoms with Crippen LogP contribution in [-0.4, -0.2) is 135 Å². The van der Waals surface area contributed by atoms with Crippen molar-refractivity contribution in [1.29, 1.82) is 0 Å². The Balaban J connectivity index is 1.10. The Morgan fingerprint density at radius 2 is 1.73 bits per heavy atom. The van der Waals surface area contributed by atoms with E-state index in [1.54, 1.807) is 0 Å². The summed E-state index contributed by atoms with van der Waals surface area (Å²) in [4.78, 5) is 89.5. The number of nitrogen functional groups attached to an aromatic ring is 1. The molecule has 0 radical (unpaired) electrons. The van der Waals surface area contributed by atoms with Gasteiger partial charge >= 0.3 is 11.9 Å². The fraction of sp³-hybridized carbons (Fsp3) is 0.438. The van der Waals surface area contributed by atoms with E-state index < -0.39 is 80.6 Å². The number of nitrogens with one attached hydrogen (secondary N) is 1. The van der Waals surface area contributed by atoms with Gasteiger partial charge in [0, 0.05) is 16.2 Å². The molecule has 7 N–H and O–H groups in total. The normalized spacial score (nSPS) is 27.9. The predicted octanol–water partition coefficient (Wildman–Crippen LogP) is 0.507. The van der Waals surface area contributed by atoms with Gasteiger partial charge in [0.25, 0.3) is 23.6 Å². The van der Waals surface area contributed by atoms with Gasteiger partial charge in [-0.05, 0) is 32.9 Å². The van der Waals surface area contributed by atoms with Gasteiger partial charge in [0.2, 0.25) is 5.60 Å². The van der Waals surface area contributed by atoms with E-state index in [1.807, 2.05) is 6.92 Å². The zero-order chi connectivity index (χ0) is 37.7. The zero-order valence-electron chi connectivity index (χ0n) is 28.0. The number of β-lactam (4-membered cyclic amide) rings is 1. The van der Waals surface area contributed by atoms with E-state index >= 15 is 0 Å². The number of carboxylic acids is 2. The highest BCUT2D eigenvalue weighted by molar-refractivity contribution is 8.00. The van der Waals surface area contributed by atoms with Crippen LogP contribution >= 0.6 is 23.1 Å². The maximum absolute atomic E-state index is 13.6. The number of benzene rings is 1. The molecule has 0 saturated carbocycles. The number of nitrogens with two attached hydrogens (primary N) is 1. The van der Waals surface area contributed by atoms with E-state index in [4.69, 9.17) is 10.6 Å². The highest BCUT2D eigenvalue weighted by Crippen LogP contribution is 2.55. The molecule has 3 atom stereocenters. The second-order valence-corrected chi connectivity index (χ2v) is 16.3. The molecule has 7 rings (SSSR count). The van der Waals surface area contributed by atoms with Crippen LogP contribution in [0.3, 0.4) is 0 Å². The van der Waals surface area contributed by atoms with Gasteiger partial charge in [0.1, 0.15) is 34.9 Å². The first-order chi connectivity index (χ1) is 24.4. The zero-order valence-corrected chi connectivity index (χ0v) is 29.6. The lowest BCUT2D eigenvalue weighted by Gasteiger charge is -2.69. The number of imide groups is 1. The number of phenolic OH excluding ortho intramolecular Hbond substituents is 2. The summed E-state index contributed by atoms with van der Waals surface area (Å²) in [6.45, 7) is 5.93. The summed E-state index contributed by atoms with van der Waals surface area (Å²) in [5.41, 5.74) is 3.28. The lowest BCUT2D eigenvalue weighted by atomic mass is 9.68. The first kappa shape index (κ1) is 35.2. The van der Waals surface area contributed by atoms with Crippen LogP contribution in [0.4, 0.5) is 5.13 Å². The molecule has 52 heavy (non-hydrogen) atoms. The van der Waals surface area contributed by atoms with Gasteiger partial charge in [-0.25, -0.2) is 14.6 Å². The molecule has 0 spiro atoms. The molecule has 5 aliphatic rings. The van der Waals surface area contributed by atoms with Crippen molar-refractivity contribution in [3.8, 4) is 11.5 Å². The molecule has 18 nitrogen and oxygen atoms in total. The van der Waals surface area contributed by atoms with Gasteiger partial charge in [-0.1, -0.05) is 5.16 Å². The van der Waals surface area contributed by atoms with Crippen molar-refractivity contribution in [2.75, 3.05) is 31.9 Å². The number of carboxylic acid groups (broad SMARTS) is 2. The van der Waals surface area contributed by atoms with Crippen LogP contribution in [0.1, 0.15) is 60.0 Å². The summed E-state index contributed by atoms with van der Waals surface area (Å²) in [5, 5.41) is 46.4. The highest BCUT2D eigenvalue weighted by atomic mass is 32.2. The molecule has 3 fully saturated rings. The third kappa shape index (κ3) is 5.18. The molecule has 20 heteroatoms. The number of aliphatic carboxylic acids is 2. The fourth-order valence-electron chi connectivity index (χ4n) is 7.50. The Kier molecular flexibility index (Phi) is 8.07. The number of thiazole rings is 1. The Labute approximate surface area is 303 Å². The Hall–Kier alpha value is -5.21. The van der Waals surface area contributed by atoms with E-state index in [-0.39, 0.29) is 40.7 Å². The molecule has 274 valence electrons. The Morgan fingerprint density at radius 3 is 2.23 bits per heavy atom. The summed E-state index contributed by atoms with van der Waals surface area (Å²) >= 11 is 2.29. The minimum absolute atomic E-state index is 0.00339. The number of carbonyl (C=O) groups excluding carboxylic acids is 4. The number of piperidine rings is 1. The summed E-state index contributed by atoms with van der Waals surface area (Å²) in [6.07, 6.45) is 1.35. The largest absolute Gasteiger partial charge is 0.504 e. The minimum atomic E-state index is -1.81. The first-order valence-corrected chi connectivity index (χ1v) is 18.0. The number of phenols is 2. The van der Waals surface area contributed by atoms with Crippen molar-refractivity contribution < 1.29 is 58.5 Å². The van der Waals surface area contributed by atoms with Crippen LogP contribution in [0, 0.1) is 0 Å². The molecule has 4 amide bonds. The average Bonchev–Trinajstić information content (AvgIpc) is 3.60. The van der Waals surface area contributed by atoms with E-state index in [1.165, 1.54) is 31.0 Å². The van der Waals surface area contributed by atoms with Crippen LogP contribution < -0.4 is 11.1 Å². The first-order valence-electron chi connectivity index (χ1n) is 16.2. The molecule has 0 bridgehead atoms.